The molecule has 0 bridgehead atoms. The molecule has 0 spiro atoms. The van der Waals surface area contributed by atoms with Gasteiger partial charge in [-0.2, -0.15) is 0 Å². The zero-order valence-corrected chi connectivity index (χ0v) is 17.9. The van der Waals surface area contributed by atoms with Gasteiger partial charge in [0.15, 0.2) is 0 Å². The Morgan fingerprint density at radius 3 is 1.94 bits per heavy atom. The topological polar surface area (TPSA) is 120 Å². The molecule has 2 rings (SSSR count). The van der Waals surface area contributed by atoms with Crippen molar-refractivity contribution in [2.45, 2.75) is 31.5 Å². The van der Waals surface area contributed by atoms with Gasteiger partial charge in [-0.05, 0) is 11.1 Å². The van der Waals surface area contributed by atoms with Crippen LogP contribution in [0.4, 0.5) is 4.79 Å². The Morgan fingerprint density at radius 1 is 0.781 bits per heavy atom. The molecule has 2 amide bonds. The van der Waals surface area contributed by atoms with Gasteiger partial charge in [0.1, 0.15) is 18.7 Å². The number of carbonyl (C=O) groups is 4. The van der Waals surface area contributed by atoms with Crippen molar-refractivity contribution >= 4 is 23.9 Å². The summed E-state index contributed by atoms with van der Waals surface area (Å²) in [6.45, 7) is 0.0273. The van der Waals surface area contributed by atoms with Gasteiger partial charge in [0.05, 0.1) is 20.6 Å². The molecule has 9 heteroatoms. The van der Waals surface area contributed by atoms with Crippen LogP contribution in [0.5, 0.6) is 0 Å². The first kappa shape index (κ1) is 24.4. The molecule has 0 fully saturated rings. The number of carbonyl (C=O) groups excluding carboxylic acids is 4. The van der Waals surface area contributed by atoms with E-state index in [9.17, 15) is 19.2 Å². The van der Waals surface area contributed by atoms with Crippen molar-refractivity contribution in [3.8, 4) is 0 Å². The largest absolute Gasteiger partial charge is 0.469 e. The molecule has 170 valence electrons. The van der Waals surface area contributed by atoms with Crippen LogP contribution in [0.1, 0.15) is 17.5 Å². The summed E-state index contributed by atoms with van der Waals surface area (Å²) in [6, 6.07) is 15.8. The monoisotopic (exact) mass is 442 g/mol. The fraction of sp³-hybridized carbons (Fsp3) is 0.304. The molecule has 0 aliphatic carbocycles. The molecule has 0 saturated carbocycles. The van der Waals surface area contributed by atoms with Crippen molar-refractivity contribution in [1.82, 2.24) is 10.6 Å². The molecule has 0 aliphatic rings. The fourth-order valence-electron chi connectivity index (χ4n) is 2.82. The van der Waals surface area contributed by atoms with Gasteiger partial charge in [-0.1, -0.05) is 60.7 Å². The lowest BCUT2D eigenvalue weighted by atomic mass is 10.0. The van der Waals surface area contributed by atoms with Crippen molar-refractivity contribution in [2.24, 2.45) is 0 Å². The highest BCUT2D eigenvalue weighted by molar-refractivity contribution is 5.91. The van der Waals surface area contributed by atoms with E-state index >= 15 is 0 Å². The second-order valence-electron chi connectivity index (χ2n) is 6.81. The maximum atomic E-state index is 12.9. The van der Waals surface area contributed by atoms with E-state index < -0.39 is 42.4 Å². The number of methoxy groups -OCH3 is 2. The standard InChI is InChI=1S/C23H26N2O7/c1-30-20(26)14-19(22(28)31-2)24-21(27)18(13-16-9-5-3-6-10-16)25-23(29)32-15-17-11-7-4-8-12-17/h3-12,18-19H,13-15H2,1-2H3,(H,24,27)(H,25,29)/t18-,19+/m0/s1. The zero-order valence-electron chi connectivity index (χ0n) is 17.9. The Hall–Kier alpha value is -3.88. The number of hydrogen-bond donors (Lipinski definition) is 2. The van der Waals surface area contributed by atoms with Crippen molar-refractivity contribution in [3.63, 3.8) is 0 Å². The number of esters is 2. The van der Waals surface area contributed by atoms with Gasteiger partial charge in [0, 0.05) is 6.42 Å². The van der Waals surface area contributed by atoms with Crippen LogP contribution in [0, 0.1) is 0 Å². The first-order chi connectivity index (χ1) is 15.4. The van der Waals surface area contributed by atoms with Gasteiger partial charge in [-0.25, -0.2) is 9.59 Å². The highest BCUT2D eigenvalue weighted by atomic mass is 16.5. The van der Waals surface area contributed by atoms with Crippen LogP contribution in [0.15, 0.2) is 60.7 Å². The number of rotatable bonds is 10. The second-order valence-corrected chi connectivity index (χ2v) is 6.81. The highest BCUT2D eigenvalue weighted by Gasteiger charge is 2.29. The molecule has 0 radical (unpaired) electrons. The maximum absolute atomic E-state index is 12.9. The summed E-state index contributed by atoms with van der Waals surface area (Å²) in [7, 11) is 2.31. The minimum absolute atomic E-state index is 0.0273. The lowest BCUT2D eigenvalue weighted by Crippen LogP contribution is -2.53. The van der Waals surface area contributed by atoms with Crippen LogP contribution in [0.25, 0.3) is 0 Å². The summed E-state index contributed by atoms with van der Waals surface area (Å²) in [5.41, 5.74) is 1.56. The minimum Gasteiger partial charge on any atom is -0.469 e. The molecule has 2 N–H and O–H groups in total. The smallest absolute Gasteiger partial charge is 0.408 e. The lowest BCUT2D eigenvalue weighted by Gasteiger charge is -2.22. The summed E-state index contributed by atoms with van der Waals surface area (Å²) < 4.78 is 14.4. The minimum atomic E-state index is -1.26. The molecule has 0 aliphatic heterocycles. The predicted molar refractivity (Wildman–Crippen MR) is 114 cm³/mol. The Balaban J connectivity index is 2.09. The number of amides is 2. The average Bonchev–Trinajstić information content (AvgIpc) is 2.82. The molecule has 0 heterocycles. The van der Waals surface area contributed by atoms with Crippen molar-refractivity contribution in [2.75, 3.05) is 14.2 Å². The number of alkyl carbamates (subject to hydrolysis) is 1. The normalized spacial score (nSPS) is 12.1. The van der Waals surface area contributed by atoms with Gasteiger partial charge >= 0.3 is 18.0 Å². The number of ether oxygens (including phenoxy) is 3. The van der Waals surface area contributed by atoms with E-state index in [0.717, 1.165) is 18.2 Å². The summed E-state index contributed by atoms with van der Waals surface area (Å²) in [4.78, 5) is 48.9. The van der Waals surface area contributed by atoms with Crippen LogP contribution in [-0.2, 0) is 41.6 Å². The summed E-state index contributed by atoms with van der Waals surface area (Å²) >= 11 is 0. The second kappa shape index (κ2) is 12.7. The van der Waals surface area contributed by atoms with Crippen molar-refractivity contribution in [3.05, 3.63) is 71.8 Å². The van der Waals surface area contributed by atoms with E-state index in [1.165, 1.54) is 7.11 Å². The molecule has 2 atom stereocenters. The first-order valence-electron chi connectivity index (χ1n) is 9.89. The Bertz CT molecular complexity index is 903. The average molecular weight is 442 g/mol. The van der Waals surface area contributed by atoms with E-state index in [1.54, 1.807) is 36.4 Å². The van der Waals surface area contributed by atoms with Crippen LogP contribution in [-0.4, -0.2) is 50.2 Å². The van der Waals surface area contributed by atoms with Gasteiger partial charge in [-0.3, -0.25) is 9.59 Å². The van der Waals surface area contributed by atoms with Gasteiger partial charge in [0.25, 0.3) is 0 Å². The third-order valence-corrected chi connectivity index (χ3v) is 4.50. The molecule has 0 saturated heterocycles. The number of benzene rings is 2. The zero-order chi connectivity index (χ0) is 23.3. The molecule has 0 unspecified atom stereocenters. The lowest BCUT2D eigenvalue weighted by molar-refractivity contribution is -0.150. The SMILES string of the molecule is COC(=O)C[C@@H](NC(=O)[C@H](Cc1ccccc1)NC(=O)OCc1ccccc1)C(=O)OC. The summed E-state index contributed by atoms with van der Waals surface area (Å²) in [5, 5.41) is 4.97. The quantitative estimate of drug-likeness (QED) is 0.425. The van der Waals surface area contributed by atoms with Crippen LogP contribution < -0.4 is 10.6 Å². The molecule has 2 aromatic carbocycles. The molecular weight excluding hydrogens is 416 g/mol. The van der Waals surface area contributed by atoms with Crippen LogP contribution in [0.2, 0.25) is 0 Å². The number of hydrogen-bond acceptors (Lipinski definition) is 7. The molecular formula is C23H26N2O7. The van der Waals surface area contributed by atoms with Crippen molar-refractivity contribution < 1.29 is 33.4 Å². The van der Waals surface area contributed by atoms with E-state index in [0.29, 0.717) is 0 Å². The highest BCUT2D eigenvalue weighted by Crippen LogP contribution is 2.07. The van der Waals surface area contributed by atoms with Crippen LogP contribution in [0.3, 0.4) is 0 Å². The maximum Gasteiger partial charge on any atom is 0.408 e. The van der Waals surface area contributed by atoms with E-state index in [-0.39, 0.29) is 13.0 Å². The molecule has 0 aromatic heterocycles. The van der Waals surface area contributed by atoms with Crippen molar-refractivity contribution in [1.29, 1.82) is 0 Å². The Kier molecular flexibility index (Phi) is 9.70. The Labute approximate surface area is 186 Å². The van der Waals surface area contributed by atoms with Crippen LogP contribution >= 0.6 is 0 Å². The first-order valence-corrected chi connectivity index (χ1v) is 9.89. The van der Waals surface area contributed by atoms with Gasteiger partial charge < -0.3 is 24.8 Å². The van der Waals surface area contributed by atoms with E-state index in [1.807, 2.05) is 24.3 Å². The summed E-state index contributed by atoms with van der Waals surface area (Å²) in [6.07, 6.45) is -1.07. The van der Waals surface area contributed by atoms with E-state index in [2.05, 4.69) is 20.1 Å². The molecule has 32 heavy (non-hydrogen) atoms. The number of nitrogens with one attached hydrogen (secondary N) is 2. The Morgan fingerprint density at radius 2 is 1.38 bits per heavy atom. The summed E-state index contributed by atoms with van der Waals surface area (Å²) in [5.74, 6) is -2.19. The third kappa shape index (κ3) is 8.10. The fourth-order valence-corrected chi connectivity index (χ4v) is 2.82. The predicted octanol–water partition coefficient (Wildman–Crippen LogP) is 1.74. The van der Waals surface area contributed by atoms with E-state index in [4.69, 9.17) is 4.74 Å². The molecule has 2 aromatic rings. The molecule has 9 nitrogen and oxygen atoms in total. The van der Waals surface area contributed by atoms with Gasteiger partial charge in [-0.15, -0.1) is 0 Å². The van der Waals surface area contributed by atoms with Gasteiger partial charge in [0.2, 0.25) is 5.91 Å². The third-order valence-electron chi connectivity index (χ3n) is 4.50.